The minimum Gasteiger partial charge on any atom is -0.455 e. The van der Waals surface area contributed by atoms with Crippen LogP contribution in [0.5, 0.6) is 0 Å². The van der Waals surface area contributed by atoms with Crippen LogP contribution in [0.15, 0.2) is 0 Å². The quantitative estimate of drug-likeness (QED) is 0.0722. The second kappa shape index (κ2) is 21.6. The summed E-state index contributed by atoms with van der Waals surface area (Å²) in [5.74, 6) is 1.55. The fraction of sp³-hybridized carbons (Fsp3) is 0.943. The zero-order valence-corrected chi connectivity index (χ0v) is 27.8. The minimum atomic E-state index is -0.302. The maximum atomic E-state index is 12.7. The van der Waals surface area contributed by atoms with Gasteiger partial charge in [-0.1, -0.05) is 111 Å². The van der Waals surface area contributed by atoms with E-state index in [0.717, 1.165) is 57.4 Å². The molecule has 1 aliphatic carbocycles. The average Bonchev–Trinajstić information content (AvgIpc) is 2.88. The van der Waals surface area contributed by atoms with E-state index in [-0.39, 0.29) is 17.5 Å². The van der Waals surface area contributed by atoms with Gasteiger partial charge in [0.25, 0.3) is 0 Å². The van der Waals surface area contributed by atoms with Crippen LogP contribution < -0.4 is 5.32 Å². The molecular formula is C35H69N2O3+. The number of nitrogens with one attached hydrogen (secondary N) is 1. The summed E-state index contributed by atoms with van der Waals surface area (Å²) in [6, 6.07) is 0. The number of carbonyl (C=O) groups excluding carboxylic acids is 2. The number of hydrogen-bond donors (Lipinski definition) is 1. The number of carbonyl (C=O) groups is 2. The third-order valence-corrected chi connectivity index (χ3v) is 9.22. The summed E-state index contributed by atoms with van der Waals surface area (Å²) in [7, 11) is 4.16. The molecule has 0 aromatic heterocycles. The number of quaternary nitrogens is 1. The van der Waals surface area contributed by atoms with Crippen LogP contribution in [0.3, 0.4) is 0 Å². The maximum absolute atomic E-state index is 12.7. The van der Waals surface area contributed by atoms with Gasteiger partial charge in [0.05, 0.1) is 20.6 Å². The number of amides is 1. The van der Waals surface area contributed by atoms with Crippen LogP contribution in [0.4, 0.5) is 0 Å². The zero-order chi connectivity index (χ0) is 29.7. The van der Waals surface area contributed by atoms with Gasteiger partial charge in [-0.15, -0.1) is 0 Å². The molecule has 0 spiro atoms. The van der Waals surface area contributed by atoms with Crippen molar-refractivity contribution in [2.75, 3.05) is 33.7 Å². The van der Waals surface area contributed by atoms with Crippen molar-refractivity contribution in [2.45, 2.75) is 168 Å². The summed E-state index contributed by atoms with van der Waals surface area (Å²) in [5, 5.41) is 3.08. The van der Waals surface area contributed by atoms with Crippen molar-refractivity contribution in [3.63, 3.8) is 0 Å². The van der Waals surface area contributed by atoms with E-state index in [1.165, 1.54) is 83.5 Å². The summed E-state index contributed by atoms with van der Waals surface area (Å²) in [6.07, 6.45) is 25.9. The van der Waals surface area contributed by atoms with Gasteiger partial charge < -0.3 is 14.5 Å². The maximum Gasteiger partial charge on any atom is 0.362 e. The van der Waals surface area contributed by atoms with Gasteiger partial charge in [0, 0.05) is 19.4 Å². The summed E-state index contributed by atoms with van der Waals surface area (Å²) in [6.45, 7) is 10.9. The second-order valence-corrected chi connectivity index (χ2v) is 14.2. The third kappa shape index (κ3) is 19.1. The molecule has 1 aliphatic rings. The monoisotopic (exact) mass is 566 g/mol. The molecule has 5 heteroatoms. The molecule has 40 heavy (non-hydrogen) atoms. The molecule has 236 valence electrons. The molecule has 1 fully saturated rings. The van der Waals surface area contributed by atoms with Crippen molar-refractivity contribution in [3.8, 4) is 0 Å². The molecular weight excluding hydrogens is 496 g/mol. The molecule has 0 saturated heterocycles. The Bertz CT molecular complexity index is 653. The summed E-state index contributed by atoms with van der Waals surface area (Å²) < 4.78 is 6.58. The first-order valence-electron chi connectivity index (χ1n) is 17.4. The van der Waals surface area contributed by atoms with Crippen LogP contribution in [0.25, 0.3) is 0 Å². The van der Waals surface area contributed by atoms with Gasteiger partial charge in [-0.05, 0) is 50.9 Å². The Morgan fingerprint density at radius 3 is 1.75 bits per heavy atom. The van der Waals surface area contributed by atoms with Crippen LogP contribution in [0, 0.1) is 11.8 Å². The van der Waals surface area contributed by atoms with Crippen molar-refractivity contribution in [1.29, 1.82) is 0 Å². The number of likely N-dealkylation sites (N-methyl/N-ethyl adjacent to an activating group) is 1. The molecule has 1 saturated carbocycles. The number of esters is 1. The topological polar surface area (TPSA) is 55.4 Å². The highest BCUT2D eigenvalue weighted by atomic mass is 16.6. The Morgan fingerprint density at radius 1 is 0.800 bits per heavy atom. The van der Waals surface area contributed by atoms with Gasteiger partial charge in [0.1, 0.15) is 5.60 Å². The van der Waals surface area contributed by atoms with Crippen molar-refractivity contribution in [3.05, 3.63) is 0 Å². The normalized spacial score (nSPS) is 19.6. The van der Waals surface area contributed by atoms with Gasteiger partial charge >= 0.3 is 5.97 Å². The van der Waals surface area contributed by atoms with Crippen molar-refractivity contribution in [2.24, 2.45) is 11.8 Å². The zero-order valence-electron chi connectivity index (χ0n) is 27.8. The Labute approximate surface area is 249 Å². The third-order valence-electron chi connectivity index (χ3n) is 9.22. The van der Waals surface area contributed by atoms with Crippen LogP contribution in [-0.2, 0) is 14.3 Å². The number of rotatable bonds is 24. The molecule has 0 aromatic rings. The van der Waals surface area contributed by atoms with E-state index < -0.39 is 0 Å². The highest BCUT2D eigenvalue weighted by Gasteiger charge is 2.36. The van der Waals surface area contributed by atoms with Gasteiger partial charge in [-0.25, -0.2) is 4.79 Å². The number of nitrogens with zero attached hydrogens (tertiary/aromatic N) is 1. The molecule has 5 nitrogen and oxygen atoms in total. The summed E-state index contributed by atoms with van der Waals surface area (Å²) in [5.41, 5.74) is -0.302. The molecule has 0 radical (unpaired) electrons. The lowest BCUT2D eigenvalue weighted by atomic mass is 9.75. The Kier molecular flexibility index (Phi) is 19.9. The largest absolute Gasteiger partial charge is 0.455 e. The predicted octanol–water partition coefficient (Wildman–Crippen LogP) is 8.98. The standard InChI is InChI=1S/C35H68N2O3/c1-7-8-9-10-11-12-13-14-15-16-17-18-19-20-21-23-33(38)36-28-22-29-37(5,6)30-34(39)40-35(4)26-24-32(25-27-35)31(2)3/h31-32H,7-30H2,1-6H3/p+1. The van der Waals surface area contributed by atoms with Crippen LogP contribution in [0.1, 0.15) is 163 Å². The van der Waals surface area contributed by atoms with E-state index in [4.69, 9.17) is 4.74 Å². The molecule has 1 N–H and O–H groups in total. The van der Waals surface area contributed by atoms with Crippen molar-refractivity contribution in [1.82, 2.24) is 5.32 Å². The number of unbranched alkanes of at least 4 members (excludes halogenated alkanes) is 14. The molecule has 0 heterocycles. The molecule has 0 aromatic carbocycles. The van der Waals surface area contributed by atoms with E-state index >= 15 is 0 Å². The van der Waals surface area contributed by atoms with E-state index in [9.17, 15) is 9.59 Å². The van der Waals surface area contributed by atoms with E-state index in [1.54, 1.807) is 0 Å². The van der Waals surface area contributed by atoms with Gasteiger partial charge in [0.2, 0.25) is 5.91 Å². The first-order chi connectivity index (χ1) is 19.1. The molecule has 0 aliphatic heterocycles. The summed E-state index contributed by atoms with van der Waals surface area (Å²) in [4.78, 5) is 24.9. The van der Waals surface area contributed by atoms with E-state index in [2.05, 4.69) is 47.1 Å². The van der Waals surface area contributed by atoms with E-state index in [0.29, 0.717) is 29.9 Å². The highest BCUT2D eigenvalue weighted by Crippen LogP contribution is 2.37. The van der Waals surface area contributed by atoms with Crippen molar-refractivity contribution < 1.29 is 18.8 Å². The first kappa shape index (κ1) is 36.9. The molecule has 0 unspecified atom stereocenters. The molecule has 1 rings (SSSR count). The SMILES string of the molecule is CCCCCCCCCCCCCCCCCC(=O)NCCC[N+](C)(C)CC(=O)OC1(C)CCC(C(C)C)CC1. The molecule has 1 amide bonds. The fourth-order valence-corrected chi connectivity index (χ4v) is 6.24. The lowest BCUT2D eigenvalue weighted by Crippen LogP contribution is -2.48. The average molecular weight is 566 g/mol. The first-order valence-corrected chi connectivity index (χ1v) is 17.4. The minimum absolute atomic E-state index is 0.0901. The van der Waals surface area contributed by atoms with Gasteiger partial charge in [-0.2, -0.15) is 0 Å². The smallest absolute Gasteiger partial charge is 0.362 e. The highest BCUT2D eigenvalue weighted by molar-refractivity contribution is 5.75. The molecule has 0 atom stereocenters. The predicted molar refractivity (Wildman–Crippen MR) is 170 cm³/mol. The second-order valence-electron chi connectivity index (χ2n) is 14.2. The van der Waals surface area contributed by atoms with Crippen LogP contribution >= 0.6 is 0 Å². The van der Waals surface area contributed by atoms with Gasteiger partial charge in [-0.3, -0.25) is 4.79 Å². The fourth-order valence-electron chi connectivity index (χ4n) is 6.24. The number of ether oxygens (including phenoxy) is 1. The van der Waals surface area contributed by atoms with E-state index in [1.807, 2.05) is 0 Å². The molecule has 0 bridgehead atoms. The number of hydrogen-bond acceptors (Lipinski definition) is 3. The van der Waals surface area contributed by atoms with Gasteiger partial charge in [0.15, 0.2) is 6.54 Å². The Balaban J connectivity index is 1.97. The lowest BCUT2D eigenvalue weighted by molar-refractivity contribution is -0.883. The summed E-state index contributed by atoms with van der Waals surface area (Å²) >= 11 is 0. The van der Waals surface area contributed by atoms with Crippen LogP contribution in [0.2, 0.25) is 0 Å². The lowest BCUT2D eigenvalue weighted by Gasteiger charge is -2.39. The van der Waals surface area contributed by atoms with Crippen molar-refractivity contribution >= 4 is 11.9 Å². The van der Waals surface area contributed by atoms with Crippen LogP contribution in [-0.4, -0.2) is 55.7 Å². The Morgan fingerprint density at radius 2 is 1.27 bits per heavy atom. The Hall–Kier alpha value is -1.10.